The molecule has 0 spiro atoms. The fraction of sp³-hybridized carbons (Fsp3) is 0.350. The highest BCUT2D eigenvalue weighted by Gasteiger charge is 2.22. The van der Waals surface area contributed by atoms with Crippen LogP contribution >= 0.6 is 0 Å². The quantitative estimate of drug-likeness (QED) is 0.665. The number of morpholine rings is 1. The Morgan fingerprint density at radius 3 is 2.70 bits per heavy atom. The van der Waals surface area contributed by atoms with Crippen molar-refractivity contribution in [2.45, 2.75) is 18.5 Å². The van der Waals surface area contributed by atoms with Gasteiger partial charge in [0.05, 0.1) is 25.8 Å². The van der Waals surface area contributed by atoms with Gasteiger partial charge >= 0.3 is 0 Å². The maximum Gasteiger partial charge on any atom is 0.239 e. The van der Waals surface area contributed by atoms with E-state index in [1.54, 1.807) is 6.20 Å². The van der Waals surface area contributed by atoms with Gasteiger partial charge in [0.2, 0.25) is 11.8 Å². The van der Waals surface area contributed by atoms with Crippen LogP contribution in [-0.2, 0) is 20.7 Å². The Balaban J connectivity index is 1.57. The van der Waals surface area contributed by atoms with E-state index in [0.29, 0.717) is 26.2 Å². The standard InChI is InChI=1S/C20H24N4O3/c25-19(13-23-20(26)18-14-27-11-10-22-18)24-17(15-6-2-1-3-7-15)12-16-8-4-5-9-21-16/h1-9,17-18,22H,10-14H2,(H,23,26)(H,24,25)/t17?,18-/m0/s1. The molecule has 1 aliphatic rings. The van der Waals surface area contributed by atoms with Crippen molar-refractivity contribution in [3.63, 3.8) is 0 Å². The molecule has 7 heteroatoms. The number of hydrogen-bond acceptors (Lipinski definition) is 5. The molecule has 3 N–H and O–H groups in total. The number of nitrogens with one attached hydrogen (secondary N) is 3. The van der Waals surface area contributed by atoms with Crippen LogP contribution in [0, 0.1) is 0 Å². The van der Waals surface area contributed by atoms with Crippen molar-refractivity contribution in [1.29, 1.82) is 0 Å². The van der Waals surface area contributed by atoms with E-state index in [1.165, 1.54) is 0 Å². The number of rotatable bonds is 7. The zero-order chi connectivity index (χ0) is 18.9. The average molecular weight is 368 g/mol. The molecule has 2 amide bonds. The molecular formula is C20H24N4O3. The summed E-state index contributed by atoms with van der Waals surface area (Å²) < 4.78 is 5.27. The molecule has 7 nitrogen and oxygen atoms in total. The van der Waals surface area contributed by atoms with Crippen LogP contribution in [0.5, 0.6) is 0 Å². The topological polar surface area (TPSA) is 92.4 Å². The van der Waals surface area contributed by atoms with Gasteiger partial charge in [0.25, 0.3) is 0 Å². The number of benzene rings is 1. The molecule has 1 aromatic heterocycles. The average Bonchev–Trinajstić information content (AvgIpc) is 2.73. The summed E-state index contributed by atoms with van der Waals surface area (Å²) in [7, 11) is 0. The molecule has 0 aliphatic carbocycles. The van der Waals surface area contributed by atoms with Crippen molar-refractivity contribution >= 4 is 11.8 Å². The molecule has 0 radical (unpaired) electrons. The second-order valence-electron chi connectivity index (χ2n) is 6.36. The molecule has 1 aromatic carbocycles. The molecule has 142 valence electrons. The Bertz CT molecular complexity index is 733. The molecule has 2 aromatic rings. The number of carbonyl (C=O) groups excluding carboxylic acids is 2. The molecule has 2 atom stereocenters. The zero-order valence-electron chi connectivity index (χ0n) is 15.1. The monoisotopic (exact) mass is 368 g/mol. The Hall–Kier alpha value is -2.77. The third-order valence-corrected chi connectivity index (χ3v) is 4.34. The molecule has 0 saturated carbocycles. The summed E-state index contributed by atoms with van der Waals surface area (Å²) in [5.74, 6) is -0.476. The Morgan fingerprint density at radius 1 is 1.19 bits per heavy atom. The molecule has 1 fully saturated rings. The van der Waals surface area contributed by atoms with Gasteiger partial charge in [-0.05, 0) is 17.7 Å². The van der Waals surface area contributed by atoms with Crippen LogP contribution < -0.4 is 16.0 Å². The second kappa shape index (κ2) is 9.80. The minimum absolute atomic E-state index is 0.0808. The van der Waals surface area contributed by atoms with Gasteiger partial charge in [-0.15, -0.1) is 0 Å². The fourth-order valence-electron chi connectivity index (χ4n) is 2.94. The maximum absolute atomic E-state index is 12.4. The lowest BCUT2D eigenvalue weighted by atomic mass is 10.0. The molecule has 3 rings (SSSR count). The first-order chi connectivity index (χ1) is 13.2. The van der Waals surface area contributed by atoms with Crippen LogP contribution in [0.25, 0.3) is 0 Å². The highest BCUT2D eigenvalue weighted by Crippen LogP contribution is 2.17. The minimum Gasteiger partial charge on any atom is -0.378 e. The van der Waals surface area contributed by atoms with Crippen molar-refractivity contribution in [3.8, 4) is 0 Å². The summed E-state index contributed by atoms with van der Waals surface area (Å²) in [5, 5.41) is 8.72. The van der Waals surface area contributed by atoms with E-state index in [4.69, 9.17) is 4.74 Å². The number of hydrogen-bond donors (Lipinski definition) is 3. The molecule has 1 aliphatic heterocycles. The van der Waals surface area contributed by atoms with Gasteiger partial charge in [0.15, 0.2) is 0 Å². The molecule has 27 heavy (non-hydrogen) atoms. The van der Waals surface area contributed by atoms with Crippen LogP contribution in [0.15, 0.2) is 54.7 Å². The summed E-state index contributed by atoms with van der Waals surface area (Å²) >= 11 is 0. The van der Waals surface area contributed by atoms with Gasteiger partial charge in [0, 0.05) is 24.9 Å². The van der Waals surface area contributed by atoms with Crippen LogP contribution in [0.4, 0.5) is 0 Å². The molecule has 1 unspecified atom stereocenters. The minimum atomic E-state index is -0.412. The lowest BCUT2D eigenvalue weighted by molar-refractivity contribution is -0.129. The molecule has 1 saturated heterocycles. The van der Waals surface area contributed by atoms with Gasteiger partial charge in [-0.3, -0.25) is 14.6 Å². The number of pyridine rings is 1. The van der Waals surface area contributed by atoms with Crippen LogP contribution in [0.1, 0.15) is 17.3 Å². The van der Waals surface area contributed by atoms with Crippen molar-refractivity contribution < 1.29 is 14.3 Å². The largest absolute Gasteiger partial charge is 0.378 e. The van der Waals surface area contributed by atoms with Crippen molar-refractivity contribution in [3.05, 3.63) is 66.0 Å². The molecular weight excluding hydrogens is 344 g/mol. The maximum atomic E-state index is 12.4. The number of nitrogens with zero attached hydrogens (tertiary/aromatic N) is 1. The molecule has 2 heterocycles. The first-order valence-corrected chi connectivity index (χ1v) is 9.05. The van der Waals surface area contributed by atoms with E-state index < -0.39 is 6.04 Å². The first-order valence-electron chi connectivity index (χ1n) is 9.05. The van der Waals surface area contributed by atoms with E-state index in [-0.39, 0.29) is 24.4 Å². The Kier molecular flexibility index (Phi) is 6.90. The Labute approximate surface area is 158 Å². The van der Waals surface area contributed by atoms with E-state index in [2.05, 4.69) is 20.9 Å². The van der Waals surface area contributed by atoms with E-state index in [0.717, 1.165) is 11.3 Å². The predicted octanol–water partition coefficient (Wildman–Crippen LogP) is 0.586. The van der Waals surface area contributed by atoms with Crippen molar-refractivity contribution in [2.24, 2.45) is 0 Å². The van der Waals surface area contributed by atoms with E-state index in [9.17, 15) is 9.59 Å². The molecule has 0 bridgehead atoms. The summed E-state index contributed by atoms with van der Waals surface area (Å²) in [5.41, 5.74) is 1.88. The summed E-state index contributed by atoms with van der Waals surface area (Å²) in [6.07, 6.45) is 2.31. The first kappa shape index (κ1) is 19.0. The zero-order valence-corrected chi connectivity index (χ0v) is 15.1. The van der Waals surface area contributed by atoms with Gasteiger partial charge in [-0.1, -0.05) is 36.4 Å². The van der Waals surface area contributed by atoms with Crippen LogP contribution in [-0.4, -0.2) is 49.1 Å². The lowest BCUT2D eigenvalue weighted by Gasteiger charge is -2.23. The van der Waals surface area contributed by atoms with Gasteiger partial charge in [-0.2, -0.15) is 0 Å². The lowest BCUT2D eigenvalue weighted by Crippen LogP contribution is -2.52. The summed E-state index contributed by atoms with van der Waals surface area (Å²) in [6, 6.07) is 14.8. The number of amides is 2. The highest BCUT2D eigenvalue weighted by molar-refractivity contribution is 5.87. The van der Waals surface area contributed by atoms with Gasteiger partial charge < -0.3 is 20.7 Å². The SMILES string of the molecule is O=C(CNC(=O)[C@@H]1COCCN1)NC(Cc1ccccn1)c1ccccc1. The summed E-state index contributed by atoms with van der Waals surface area (Å²) in [6.45, 7) is 1.46. The smallest absolute Gasteiger partial charge is 0.239 e. The van der Waals surface area contributed by atoms with Gasteiger partial charge in [0.1, 0.15) is 6.04 Å². The Morgan fingerprint density at radius 2 is 2.00 bits per heavy atom. The second-order valence-corrected chi connectivity index (χ2v) is 6.36. The van der Waals surface area contributed by atoms with Crippen LogP contribution in [0.2, 0.25) is 0 Å². The predicted molar refractivity (Wildman–Crippen MR) is 101 cm³/mol. The highest BCUT2D eigenvalue weighted by atomic mass is 16.5. The number of ether oxygens (including phenoxy) is 1. The number of carbonyl (C=O) groups is 2. The fourth-order valence-corrected chi connectivity index (χ4v) is 2.94. The van der Waals surface area contributed by atoms with Crippen molar-refractivity contribution in [2.75, 3.05) is 26.3 Å². The van der Waals surface area contributed by atoms with Crippen molar-refractivity contribution in [1.82, 2.24) is 20.9 Å². The van der Waals surface area contributed by atoms with Crippen LogP contribution in [0.3, 0.4) is 0 Å². The van der Waals surface area contributed by atoms with E-state index in [1.807, 2.05) is 48.5 Å². The van der Waals surface area contributed by atoms with E-state index >= 15 is 0 Å². The third kappa shape index (κ3) is 5.87. The summed E-state index contributed by atoms with van der Waals surface area (Å²) in [4.78, 5) is 28.9. The third-order valence-electron chi connectivity index (χ3n) is 4.34. The van der Waals surface area contributed by atoms with Gasteiger partial charge in [-0.25, -0.2) is 0 Å². The number of aromatic nitrogens is 1. The normalized spacial score (nSPS) is 17.7.